The van der Waals surface area contributed by atoms with Gasteiger partial charge in [-0.1, -0.05) is 0 Å². The van der Waals surface area contributed by atoms with E-state index < -0.39 is 7.99 Å². The summed E-state index contributed by atoms with van der Waals surface area (Å²) >= 11 is 0. The second-order valence-corrected chi connectivity index (χ2v) is 2.62. The van der Waals surface area contributed by atoms with Crippen molar-refractivity contribution < 1.29 is 22.6 Å². The van der Waals surface area contributed by atoms with Gasteiger partial charge in [0.05, 0.1) is 0 Å². The van der Waals surface area contributed by atoms with Crippen LogP contribution in [-0.4, -0.2) is 18.1 Å². The molecule has 1 N–H and O–H groups in total. The largest absolute Gasteiger partial charge is 0.549 e. The van der Waals surface area contributed by atoms with Crippen molar-refractivity contribution in [2.75, 3.05) is 13.2 Å². The van der Waals surface area contributed by atoms with Crippen LogP contribution in [0.5, 0.6) is 0 Å². The molecule has 0 unspecified atom stereocenters. The topological polar surface area (TPSA) is 46.5 Å². The zero-order chi connectivity index (χ0) is 8.04. The number of ether oxygens (including phenoxy) is 1. The van der Waals surface area contributed by atoms with E-state index in [1.165, 1.54) is 12.8 Å². The predicted molar refractivity (Wildman–Crippen MR) is 32.1 cm³/mol. The molecule has 0 saturated carbocycles. The molecule has 0 spiro atoms. The van der Waals surface area contributed by atoms with E-state index in [0.717, 1.165) is 13.2 Å². The van der Waals surface area contributed by atoms with Crippen LogP contribution in [0.2, 0.25) is 0 Å². The van der Waals surface area contributed by atoms with Crippen LogP contribution in [0.25, 0.3) is 0 Å². The monoisotopic (exact) mass is 174 g/mol. The van der Waals surface area contributed by atoms with E-state index in [1.807, 2.05) is 0 Å². The maximum absolute atomic E-state index is 10.1. The minimum atomic E-state index is -5.64. The normalized spacial score (nSPS) is 17.9. The molecule has 1 heterocycles. The van der Waals surface area contributed by atoms with E-state index in [2.05, 4.69) is 0 Å². The average molecular weight is 174 g/mol. The molecule has 1 aliphatic rings. The van der Waals surface area contributed by atoms with Gasteiger partial charge in [-0.05, 0) is 12.8 Å². The predicted octanol–water partition coefficient (Wildman–Crippen LogP) is 1.82. The van der Waals surface area contributed by atoms with Gasteiger partial charge in [0.15, 0.2) is 0 Å². The number of hydrogen-bond acceptors (Lipinski definition) is 2. The van der Waals surface area contributed by atoms with Gasteiger partial charge in [-0.2, -0.15) is 0 Å². The Morgan fingerprint density at radius 1 is 1.30 bits per heavy atom. The van der Waals surface area contributed by atoms with Gasteiger partial charge in [0, 0.05) is 13.2 Å². The van der Waals surface area contributed by atoms with Crippen LogP contribution in [0.1, 0.15) is 12.8 Å². The average Bonchev–Trinajstić information content (AvgIpc) is 2.07. The van der Waals surface area contributed by atoms with Gasteiger partial charge < -0.3 is 4.74 Å². The molecule has 1 fully saturated rings. The Morgan fingerprint density at radius 3 is 1.70 bits per heavy atom. The molecule has 3 nitrogen and oxygen atoms in total. The van der Waals surface area contributed by atoms with Crippen LogP contribution in [0.4, 0.5) is 8.39 Å². The van der Waals surface area contributed by atoms with Crippen molar-refractivity contribution in [1.82, 2.24) is 0 Å². The Hall–Kier alpha value is 0.01000. The summed E-state index contributed by atoms with van der Waals surface area (Å²) < 4.78 is 33.6. The van der Waals surface area contributed by atoms with Crippen molar-refractivity contribution in [1.29, 1.82) is 0 Å². The third kappa shape index (κ3) is 15.7. The standard InChI is InChI=1S/C4H8O.F2HO2P/c1-2-4-5-3-1;1-5(2,3)4/h1-4H2;(H,3,4). The summed E-state index contributed by atoms with van der Waals surface area (Å²) in [5.74, 6) is 0. The molecule has 1 rings (SSSR count). The minimum Gasteiger partial charge on any atom is -0.381 e. The van der Waals surface area contributed by atoms with Crippen molar-refractivity contribution in [3.05, 3.63) is 0 Å². The SMILES string of the molecule is C1CCOC1.O=P(O)(F)F. The molecule has 1 saturated heterocycles. The second-order valence-electron chi connectivity index (χ2n) is 1.75. The van der Waals surface area contributed by atoms with Gasteiger partial charge in [0.2, 0.25) is 0 Å². The Kier molecular flexibility index (Phi) is 4.77. The van der Waals surface area contributed by atoms with Gasteiger partial charge in [-0.25, -0.2) is 4.57 Å². The van der Waals surface area contributed by atoms with E-state index >= 15 is 0 Å². The van der Waals surface area contributed by atoms with Gasteiger partial charge in [-0.3, -0.25) is 4.89 Å². The maximum Gasteiger partial charge on any atom is 0.549 e. The molecule has 0 aromatic carbocycles. The van der Waals surface area contributed by atoms with Crippen LogP contribution < -0.4 is 0 Å². The van der Waals surface area contributed by atoms with Crippen LogP contribution >= 0.6 is 7.99 Å². The molecule has 10 heavy (non-hydrogen) atoms. The van der Waals surface area contributed by atoms with Crippen molar-refractivity contribution in [3.63, 3.8) is 0 Å². The fourth-order valence-corrected chi connectivity index (χ4v) is 0.510. The van der Waals surface area contributed by atoms with Crippen molar-refractivity contribution in [2.45, 2.75) is 12.8 Å². The van der Waals surface area contributed by atoms with Crippen molar-refractivity contribution >= 4 is 7.99 Å². The molecule has 1 aliphatic heterocycles. The Labute approximate surface area is 57.7 Å². The van der Waals surface area contributed by atoms with Gasteiger partial charge in [0.1, 0.15) is 0 Å². The van der Waals surface area contributed by atoms with E-state index in [4.69, 9.17) is 14.2 Å². The van der Waals surface area contributed by atoms with E-state index in [9.17, 15) is 8.39 Å². The lowest BCUT2D eigenvalue weighted by Crippen LogP contribution is -1.74. The summed E-state index contributed by atoms with van der Waals surface area (Å²) in [6.45, 7) is 2.00. The lowest BCUT2D eigenvalue weighted by molar-refractivity contribution is 0.198. The molecule has 0 aromatic heterocycles. The van der Waals surface area contributed by atoms with Crippen molar-refractivity contribution in [2.24, 2.45) is 0 Å². The van der Waals surface area contributed by atoms with Gasteiger partial charge >= 0.3 is 7.99 Å². The highest BCUT2D eigenvalue weighted by molar-refractivity contribution is 7.46. The van der Waals surface area contributed by atoms with Crippen molar-refractivity contribution in [3.8, 4) is 0 Å². The summed E-state index contributed by atoms with van der Waals surface area (Å²) in [5, 5.41) is 0. The van der Waals surface area contributed by atoms with E-state index in [-0.39, 0.29) is 0 Å². The van der Waals surface area contributed by atoms with E-state index in [0.29, 0.717) is 0 Å². The first kappa shape index (κ1) is 10.0. The number of hydrogen-bond donors (Lipinski definition) is 1. The third-order valence-electron chi connectivity index (χ3n) is 0.827. The molecule has 0 radical (unpaired) electrons. The van der Waals surface area contributed by atoms with Gasteiger partial charge in [-0.15, -0.1) is 8.39 Å². The maximum atomic E-state index is 10.1. The summed E-state index contributed by atoms with van der Waals surface area (Å²) in [6.07, 6.45) is 2.56. The highest BCUT2D eigenvalue weighted by Crippen LogP contribution is 2.43. The molecule has 62 valence electrons. The van der Waals surface area contributed by atoms with E-state index in [1.54, 1.807) is 0 Å². The summed E-state index contributed by atoms with van der Waals surface area (Å²) in [5.41, 5.74) is 0. The third-order valence-corrected chi connectivity index (χ3v) is 0.827. The molecule has 0 bridgehead atoms. The highest BCUT2D eigenvalue weighted by Gasteiger charge is 2.09. The summed E-state index contributed by atoms with van der Waals surface area (Å²) in [7, 11) is -5.64. The number of halogens is 2. The number of rotatable bonds is 0. The summed E-state index contributed by atoms with van der Waals surface area (Å²) in [4.78, 5) is 6.74. The first-order chi connectivity index (χ1) is 4.50. The molecule has 6 heteroatoms. The Bertz CT molecular complexity index is 104. The molecule has 0 aliphatic carbocycles. The van der Waals surface area contributed by atoms with Crippen LogP contribution in [-0.2, 0) is 9.30 Å². The zero-order valence-electron chi connectivity index (χ0n) is 5.30. The Balaban J connectivity index is 0.000000162. The fraction of sp³-hybridized carbons (Fsp3) is 1.00. The van der Waals surface area contributed by atoms with Crippen LogP contribution in [0.3, 0.4) is 0 Å². The molecular weight excluding hydrogens is 165 g/mol. The lowest BCUT2D eigenvalue weighted by atomic mass is 10.4. The highest BCUT2D eigenvalue weighted by atomic mass is 31.2. The summed E-state index contributed by atoms with van der Waals surface area (Å²) in [6, 6.07) is 0. The van der Waals surface area contributed by atoms with Crippen LogP contribution in [0.15, 0.2) is 0 Å². The Morgan fingerprint density at radius 2 is 1.60 bits per heavy atom. The minimum absolute atomic E-state index is 1.00. The molecule has 0 atom stereocenters. The smallest absolute Gasteiger partial charge is 0.381 e. The molecular formula is C4H9F2O3P. The molecule has 0 amide bonds. The second kappa shape index (κ2) is 4.77. The zero-order valence-corrected chi connectivity index (χ0v) is 6.19. The fourth-order valence-electron chi connectivity index (χ4n) is 0.510. The lowest BCUT2D eigenvalue weighted by Gasteiger charge is -1.76. The van der Waals surface area contributed by atoms with Crippen LogP contribution in [0, 0.1) is 0 Å². The molecule has 0 aromatic rings. The first-order valence-electron chi connectivity index (χ1n) is 2.80. The van der Waals surface area contributed by atoms with Gasteiger partial charge in [0.25, 0.3) is 0 Å². The quantitative estimate of drug-likeness (QED) is 0.569. The first-order valence-corrected chi connectivity index (χ1v) is 4.24.